The lowest BCUT2D eigenvalue weighted by Gasteiger charge is -2.00. The molecule has 13 heavy (non-hydrogen) atoms. The van der Waals surface area contributed by atoms with Gasteiger partial charge in [0, 0.05) is 6.20 Å². The summed E-state index contributed by atoms with van der Waals surface area (Å²) in [6.07, 6.45) is 1.93. The molecule has 1 aromatic heterocycles. The normalized spacial score (nSPS) is 10.3. The SMILES string of the molecule is Cc1ccc(-n2ccc(Br)n2)cc1. The minimum atomic E-state index is 0.855. The van der Waals surface area contributed by atoms with Gasteiger partial charge in [-0.1, -0.05) is 17.7 Å². The van der Waals surface area contributed by atoms with Crippen molar-refractivity contribution >= 4 is 15.9 Å². The molecule has 66 valence electrons. The van der Waals surface area contributed by atoms with E-state index in [-0.39, 0.29) is 0 Å². The standard InChI is InChI=1S/C10H9BrN2/c1-8-2-4-9(5-3-8)13-7-6-10(11)12-13/h2-7H,1H3. The van der Waals surface area contributed by atoms with Crippen molar-refractivity contribution < 1.29 is 0 Å². The first kappa shape index (κ1) is 8.51. The highest BCUT2D eigenvalue weighted by Gasteiger charge is 1.97. The van der Waals surface area contributed by atoms with Crippen molar-refractivity contribution in [3.05, 3.63) is 46.7 Å². The third-order valence-electron chi connectivity index (χ3n) is 1.86. The Bertz CT molecular complexity index is 403. The van der Waals surface area contributed by atoms with E-state index in [9.17, 15) is 0 Å². The second-order valence-corrected chi connectivity index (χ2v) is 3.73. The lowest BCUT2D eigenvalue weighted by Crippen LogP contribution is -1.93. The summed E-state index contributed by atoms with van der Waals surface area (Å²) in [5.41, 5.74) is 2.34. The number of hydrogen-bond acceptors (Lipinski definition) is 1. The van der Waals surface area contributed by atoms with Crippen LogP contribution >= 0.6 is 15.9 Å². The van der Waals surface area contributed by atoms with E-state index >= 15 is 0 Å². The van der Waals surface area contributed by atoms with E-state index in [0.717, 1.165) is 10.3 Å². The number of aryl methyl sites for hydroxylation is 1. The molecule has 3 heteroatoms. The molecule has 1 heterocycles. The molecule has 0 N–H and O–H groups in total. The van der Waals surface area contributed by atoms with Gasteiger partial charge in [-0.2, -0.15) is 5.10 Å². The maximum absolute atomic E-state index is 4.24. The van der Waals surface area contributed by atoms with Crippen LogP contribution in [-0.4, -0.2) is 9.78 Å². The smallest absolute Gasteiger partial charge is 0.128 e. The predicted octanol–water partition coefficient (Wildman–Crippen LogP) is 2.94. The summed E-state index contributed by atoms with van der Waals surface area (Å²) < 4.78 is 2.69. The van der Waals surface area contributed by atoms with Crippen LogP contribution in [0.15, 0.2) is 41.1 Å². The fourth-order valence-corrected chi connectivity index (χ4v) is 1.43. The first-order chi connectivity index (χ1) is 6.25. The monoisotopic (exact) mass is 236 g/mol. The van der Waals surface area contributed by atoms with Crippen LogP contribution in [0.3, 0.4) is 0 Å². The maximum Gasteiger partial charge on any atom is 0.128 e. The third kappa shape index (κ3) is 1.80. The van der Waals surface area contributed by atoms with Crippen molar-refractivity contribution in [3.8, 4) is 5.69 Å². The number of hydrogen-bond donors (Lipinski definition) is 0. The van der Waals surface area contributed by atoms with Gasteiger partial charge in [-0.25, -0.2) is 4.68 Å². The molecule has 2 aromatic rings. The molecule has 2 nitrogen and oxygen atoms in total. The number of benzene rings is 1. The minimum absolute atomic E-state index is 0.855. The van der Waals surface area contributed by atoms with Crippen molar-refractivity contribution in [2.45, 2.75) is 6.92 Å². The van der Waals surface area contributed by atoms with Gasteiger partial charge in [0.2, 0.25) is 0 Å². The van der Waals surface area contributed by atoms with E-state index in [2.05, 4.69) is 52.2 Å². The van der Waals surface area contributed by atoms with Gasteiger partial charge in [-0.3, -0.25) is 0 Å². The summed E-state index contributed by atoms with van der Waals surface area (Å²) in [7, 11) is 0. The second kappa shape index (κ2) is 3.34. The zero-order chi connectivity index (χ0) is 9.26. The average molecular weight is 237 g/mol. The zero-order valence-electron chi connectivity index (χ0n) is 7.24. The third-order valence-corrected chi connectivity index (χ3v) is 2.28. The molecule has 0 aliphatic carbocycles. The van der Waals surface area contributed by atoms with Crippen LogP contribution in [0.1, 0.15) is 5.56 Å². The zero-order valence-corrected chi connectivity index (χ0v) is 8.82. The summed E-state index contributed by atoms with van der Waals surface area (Å²) >= 11 is 3.31. The van der Waals surface area contributed by atoms with E-state index in [1.807, 2.05) is 16.9 Å². The molecule has 0 saturated carbocycles. The molecule has 0 amide bonds. The molecule has 0 aliphatic rings. The number of aromatic nitrogens is 2. The molecular formula is C10H9BrN2. The number of halogens is 1. The van der Waals surface area contributed by atoms with Gasteiger partial charge in [-0.15, -0.1) is 0 Å². The maximum atomic E-state index is 4.24. The Kier molecular flexibility index (Phi) is 2.19. The van der Waals surface area contributed by atoms with Crippen molar-refractivity contribution in [1.82, 2.24) is 9.78 Å². The van der Waals surface area contributed by atoms with E-state index in [4.69, 9.17) is 0 Å². The molecule has 0 atom stereocenters. The van der Waals surface area contributed by atoms with Gasteiger partial charge in [0.15, 0.2) is 0 Å². The van der Waals surface area contributed by atoms with E-state index in [1.54, 1.807) is 0 Å². The molecule has 1 aromatic carbocycles. The Morgan fingerprint density at radius 1 is 1.15 bits per heavy atom. The van der Waals surface area contributed by atoms with Crippen LogP contribution in [0.2, 0.25) is 0 Å². The first-order valence-corrected chi connectivity index (χ1v) is 4.83. The first-order valence-electron chi connectivity index (χ1n) is 4.04. The van der Waals surface area contributed by atoms with Crippen molar-refractivity contribution in [2.24, 2.45) is 0 Å². The summed E-state index contributed by atoms with van der Waals surface area (Å²) in [5.74, 6) is 0. The Morgan fingerprint density at radius 2 is 1.85 bits per heavy atom. The topological polar surface area (TPSA) is 17.8 Å². The lowest BCUT2D eigenvalue weighted by atomic mass is 10.2. The van der Waals surface area contributed by atoms with Crippen LogP contribution in [-0.2, 0) is 0 Å². The molecule has 2 rings (SSSR count). The Morgan fingerprint density at radius 3 is 2.38 bits per heavy atom. The van der Waals surface area contributed by atoms with Crippen LogP contribution in [0.25, 0.3) is 5.69 Å². The summed E-state index contributed by atoms with van der Waals surface area (Å²) in [4.78, 5) is 0. The fraction of sp³-hybridized carbons (Fsp3) is 0.100. The Hall–Kier alpha value is -1.09. The van der Waals surface area contributed by atoms with E-state index in [1.165, 1.54) is 5.56 Å². The molecule has 0 spiro atoms. The number of rotatable bonds is 1. The second-order valence-electron chi connectivity index (χ2n) is 2.92. The quantitative estimate of drug-likeness (QED) is 0.745. The fourth-order valence-electron chi connectivity index (χ4n) is 1.14. The predicted molar refractivity (Wildman–Crippen MR) is 56.0 cm³/mol. The Balaban J connectivity index is 2.41. The molecule has 0 bridgehead atoms. The average Bonchev–Trinajstić information content (AvgIpc) is 2.53. The summed E-state index contributed by atoms with van der Waals surface area (Å²) in [6.45, 7) is 2.07. The van der Waals surface area contributed by atoms with E-state index in [0.29, 0.717) is 0 Å². The molecule has 0 radical (unpaired) electrons. The van der Waals surface area contributed by atoms with Crippen LogP contribution in [0.4, 0.5) is 0 Å². The molecular weight excluding hydrogens is 228 g/mol. The molecule has 0 saturated heterocycles. The van der Waals surface area contributed by atoms with Crippen molar-refractivity contribution in [3.63, 3.8) is 0 Å². The minimum Gasteiger partial charge on any atom is -0.240 e. The van der Waals surface area contributed by atoms with Crippen LogP contribution in [0, 0.1) is 6.92 Å². The van der Waals surface area contributed by atoms with Crippen molar-refractivity contribution in [2.75, 3.05) is 0 Å². The van der Waals surface area contributed by atoms with E-state index < -0.39 is 0 Å². The van der Waals surface area contributed by atoms with Gasteiger partial charge >= 0.3 is 0 Å². The highest BCUT2D eigenvalue weighted by Crippen LogP contribution is 2.11. The van der Waals surface area contributed by atoms with Gasteiger partial charge in [0.1, 0.15) is 4.60 Å². The van der Waals surface area contributed by atoms with Gasteiger partial charge in [-0.05, 0) is 41.1 Å². The van der Waals surface area contributed by atoms with Gasteiger partial charge in [0.05, 0.1) is 5.69 Å². The highest BCUT2D eigenvalue weighted by molar-refractivity contribution is 9.10. The van der Waals surface area contributed by atoms with Crippen LogP contribution < -0.4 is 0 Å². The molecule has 0 fully saturated rings. The molecule has 0 aliphatic heterocycles. The number of nitrogens with zero attached hydrogens (tertiary/aromatic N) is 2. The van der Waals surface area contributed by atoms with Gasteiger partial charge in [0.25, 0.3) is 0 Å². The molecule has 0 unspecified atom stereocenters. The van der Waals surface area contributed by atoms with Crippen LogP contribution in [0.5, 0.6) is 0 Å². The van der Waals surface area contributed by atoms with Gasteiger partial charge < -0.3 is 0 Å². The largest absolute Gasteiger partial charge is 0.240 e. The summed E-state index contributed by atoms with van der Waals surface area (Å²) in [6, 6.07) is 10.2. The summed E-state index contributed by atoms with van der Waals surface area (Å²) in [5, 5.41) is 4.24. The lowest BCUT2D eigenvalue weighted by molar-refractivity contribution is 0.870. The van der Waals surface area contributed by atoms with Crippen molar-refractivity contribution in [1.29, 1.82) is 0 Å². The Labute approximate surface area is 85.3 Å². The highest BCUT2D eigenvalue weighted by atomic mass is 79.9.